The molecule has 0 bridgehead atoms. The molecule has 0 aromatic heterocycles. The van der Waals surface area contributed by atoms with Gasteiger partial charge in [-0.25, -0.2) is 0 Å². The third-order valence-electron chi connectivity index (χ3n) is 1.68. The van der Waals surface area contributed by atoms with Crippen LogP contribution < -0.4 is 0 Å². The van der Waals surface area contributed by atoms with Gasteiger partial charge in [-0.3, -0.25) is 0 Å². The van der Waals surface area contributed by atoms with E-state index >= 15 is 0 Å². The van der Waals surface area contributed by atoms with E-state index in [2.05, 4.69) is 20.4 Å². The first-order valence-electron chi connectivity index (χ1n) is 4.68. The van der Waals surface area contributed by atoms with Gasteiger partial charge in [0.15, 0.2) is 0 Å². The van der Waals surface area contributed by atoms with E-state index in [-0.39, 0.29) is 6.29 Å². The van der Waals surface area contributed by atoms with Gasteiger partial charge in [-0.1, -0.05) is 19.5 Å². The molecule has 0 aliphatic heterocycles. The lowest BCUT2D eigenvalue weighted by molar-refractivity contribution is -0.0784. The average Bonchev–Trinajstić information content (AvgIpc) is 2.12. The first-order valence-corrected chi connectivity index (χ1v) is 6.63. The predicted octanol–water partition coefficient (Wildman–Crippen LogP) is 2.24. The second-order valence-electron chi connectivity index (χ2n) is 2.61. The fraction of sp³-hybridized carbons (Fsp3) is 0.778. The Balaban J connectivity index is 3.73. The van der Waals surface area contributed by atoms with Gasteiger partial charge in [0.25, 0.3) is 0 Å². The summed E-state index contributed by atoms with van der Waals surface area (Å²) >= 11 is 0. The third kappa shape index (κ3) is 4.69. The fourth-order valence-electron chi connectivity index (χ4n) is 0.953. The molecule has 0 aliphatic carbocycles. The van der Waals surface area contributed by atoms with Crippen molar-refractivity contribution >= 4 is 9.04 Å². The summed E-state index contributed by atoms with van der Waals surface area (Å²) in [6, 6.07) is 1.09. The van der Waals surface area contributed by atoms with Gasteiger partial charge < -0.3 is 9.16 Å². The van der Waals surface area contributed by atoms with Gasteiger partial charge in [0, 0.05) is 6.61 Å². The first-order chi connectivity index (χ1) is 5.78. The Morgan fingerprint density at radius 2 is 2.08 bits per heavy atom. The maximum absolute atomic E-state index is 5.74. The minimum atomic E-state index is -1.16. The van der Waals surface area contributed by atoms with Crippen molar-refractivity contribution in [3.05, 3.63) is 12.3 Å². The van der Waals surface area contributed by atoms with E-state index in [1.807, 2.05) is 12.6 Å². The molecule has 72 valence electrons. The summed E-state index contributed by atoms with van der Waals surface area (Å²) in [6.45, 7) is 10.7. The number of rotatable bonds is 7. The quantitative estimate of drug-likeness (QED) is 0.450. The Hall–Kier alpha value is -0.123. The van der Waals surface area contributed by atoms with Crippen molar-refractivity contribution in [2.45, 2.75) is 39.5 Å². The third-order valence-corrected chi connectivity index (χ3v) is 3.66. The van der Waals surface area contributed by atoms with Crippen LogP contribution in [-0.2, 0) is 9.16 Å². The van der Waals surface area contributed by atoms with E-state index in [1.54, 1.807) is 0 Å². The van der Waals surface area contributed by atoms with Crippen LogP contribution in [0.2, 0.25) is 6.04 Å². The van der Waals surface area contributed by atoms with Crippen molar-refractivity contribution in [2.24, 2.45) is 0 Å². The standard InChI is InChI=1S/C9H20O2Si/c1-5-9(10-6-2)11-12(7-3)8-4/h7,9,12H,3,5-6,8H2,1-2,4H3. The Labute approximate surface area is 77.3 Å². The lowest BCUT2D eigenvalue weighted by atomic mass is 10.5. The molecular formula is C9H20O2Si. The molecule has 0 heterocycles. The number of hydrogen-bond acceptors (Lipinski definition) is 2. The summed E-state index contributed by atoms with van der Waals surface area (Å²) in [5.74, 6) is 0. The minimum absolute atomic E-state index is 0.00961. The lowest BCUT2D eigenvalue weighted by Gasteiger charge is -2.19. The Bertz CT molecular complexity index is 117. The van der Waals surface area contributed by atoms with Crippen LogP contribution in [0.5, 0.6) is 0 Å². The Kier molecular flexibility index (Phi) is 7.44. The van der Waals surface area contributed by atoms with Crippen LogP contribution in [0.15, 0.2) is 12.3 Å². The largest absolute Gasteiger partial charge is 0.391 e. The maximum atomic E-state index is 5.74. The van der Waals surface area contributed by atoms with Crippen molar-refractivity contribution in [3.8, 4) is 0 Å². The molecule has 0 aromatic rings. The van der Waals surface area contributed by atoms with E-state index in [1.165, 1.54) is 0 Å². The number of hydrogen-bond donors (Lipinski definition) is 0. The van der Waals surface area contributed by atoms with Gasteiger partial charge >= 0.3 is 0 Å². The van der Waals surface area contributed by atoms with Crippen molar-refractivity contribution in [2.75, 3.05) is 6.61 Å². The topological polar surface area (TPSA) is 18.5 Å². The van der Waals surface area contributed by atoms with Gasteiger partial charge in [0.05, 0.1) is 0 Å². The molecule has 0 N–H and O–H groups in total. The molecule has 2 unspecified atom stereocenters. The van der Waals surface area contributed by atoms with Crippen molar-refractivity contribution in [1.29, 1.82) is 0 Å². The molecule has 0 radical (unpaired) electrons. The lowest BCUT2D eigenvalue weighted by Crippen LogP contribution is -2.25. The molecule has 2 atom stereocenters. The highest BCUT2D eigenvalue weighted by Gasteiger charge is 2.11. The molecular weight excluding hydrogens is 168 g/mol. The summed E-state index contributed by atoms with van der Waals surface area (Å²) in [7, 11) is -1.16. The summed E-state index contributed by atoms with van der Waals surface area (Å²) in [5.41, 5.74) is 1.96. The van der Waals surface area contributed by atoms with Crippen molar-refractivity contribution < 1.29 is 9.16 Å². The molecule has 3 heteroatoms. The highest BCUT2D eigenvalue weighted by atomic mass is 28.3. The van der Waals surface area contributed by atoms with E-state index in [0.717, 1.165) is 19.1 Å². The smallest absolute Gasteiger partial charge is 0.203 e. The van der Waals surface area contributed by atoms with Crippen LogP contribution in [0.1, 0.15) is 27.2 Å². The normalized spacial score (nSPS) is 15.6. The molecule has 0 fully saturated rings. The molecule has 0 amide bonds. The molecule has 12 heavy (non-hydrogen) atoms. The van der Waals surface area contributed by atoms with Crippen molar-refractivity contribution in [3.63, 3.8) is 0 Å². The Morgan fingerprint density at radius 1 is 1.42 bits per heavy atom. The zero-order valence-electron chi connectivity index (χ0n) is 8.38. The van der Waals surface area contributed by atoms with Gasteiger partial charge in [-0.15, -0.1) is 6.58 Å². The van der Waals surface area contributed by atoms with Crippen LogP contribution in [-0.4, -0.2) is 21.9 Å². The van der Waals surface area contributed by atoms with Crippen LogP contribution in [0.25, 0.3) is 0 Å². The summed E-state index contributed by atoms with van der Waals surface area (Å²) in [4.78, 5) is 0. The summed E-state index contributed by atoms with van der Waals surface area (Å²) in [5, 5.41) is 0. The monoisotopic (exact) mass is 188 g/mol. The van der Waals surface area contributed by atoms with E-state index in [4.69, 9.17) is 9.16 Å². The molecule has 0 saturated heterocycles. The van der Waals surface area contributed by atoms with Gasteiger partial charge in [0.1, 0.15) is 6.29 Å². The highest BCUT2D eigenvalue weighted by molar-refractivity contribution is 6.57. The molecule has 0 spiro atoms. The molecule has 0 saturated carbocycles. The van der Waals surface area contributed by atoms with Crippen LogP contribution in [0, 0.1) is 0 Å². The predicted molar refractivity (Wildman–Crippen MR) is 54.6 cm³/mol. The van der Waals surface area contributed by atoms with Gasteiger partial charge in [-0.05, 0) is 19.4 Å². The van der Waals surface area contributed by atoms with Gasteiger partial charge in [0.2, 0.25) is 9.04 Å². The van der Waals surface area contributed by atoms with E-state index in [0.29, 0.717) is 0 Å². The van der Waals surface area contributed by atoms with Crippen LogP contribution in [0.3, 0.4) is 0 Å². The summed E-state index contributed by atoms with van der Waals surface area (Å²) in [6.07, 6.45) is 0.912. The fourth-order valence-corrected chi connectivity index (χ4v) is 2.25. The molecule has 2 nitrogen and oxygen atoms in total. The molecule has 0 rings (SSSR count). The second kappa shape index (κ2) is 7.52. The van der Waals surface area contributed by atoms with E-state index in [9.17, 15) is 0 Å². The summed E-state index contributed by atoms with van der Waals surface area (Å²) < 4.78 is 11.1. The maximum Gasteiger partial charge on any atom is 0.203 e. The highest BCUT2D eigenvalue weighted by Crippen LogP contribution is 2.05. The van der Waals surface area contributed by atoms with Crippen molar-refractivity contribution in [1.82, 2.24) is 0 Å². The van der Waals surface area contributed by atoms with Crippen LogP contribution in [0.4, 0.5) is 0 Å². The first kappa shape index (κ1) is 11.9. The minimum Gasteiger partial charge on any atom is -0.391 e. The SMILES string of the molecule is C=C[SiH](CC)OC(CC)OCC. The zero-order chi connectivity index (χ0) is 9.40. The second-order valence-corrected chi connectivity index (χ2v) is 5.25. The van der Waals surface area contributed by atoms with Crippen LogP contribution >= 0.6 is 0 Å². The van der Waals surface area contributed by atoms with E-state index < -0.39 is 9.04 Å². The number of ether oxygens (including phenoxy) is 1. The zero-order valence-corrected chi connectivity index (χ0v) is 9.53. The average molecular weight is 188 g/mol. The molecule has 0 aromatic carbocycles. The Morgan fingerprint density at radius 3 is 2.42 bits per heavy atom. The van der Waals surface area contributed by atoms with Gasteiger partial charge in [-0.2, -0.15) is 0 Å². The molecule has 0 aliphatic rings.